The number of rotatable bonds is 1. The maximum atomic E-state index is 5.26. The molecule has 1 aromatic carbocycles. The van der Waals surface area contributed by atoms with E-state index in [9.17, 15) is 0 Å². The van der Waals surface area contributed by atoms with E-state index in [1.54, 1.807) is 10.7 Å². The number of hydrogen-bond donors (Lipinski definition) is 0. The lowest BCUT2D eigenvalue weighted by atomic mass is 10.3. The highest BCUT2D eigenvalue weighted by Gasteiger charge is 2.13. The molecule has 0 saturated heterocycles. The zero-order valence-corrected chi connectivity index (χ0v) is 7.30. The molecular weight excluding hydrogens is 180 g/mol. The Hall–Kier alpha value is -1.97. The summed E-state index contributed by atoms with van der Waals surface area (Å²) in [7, 11) is 0. The molecule has 0 atom stereocenters. The van der Waals surface area contributed by atoms with Crippen molar-refractivity contribution in [3.63, 3.8) is 0 Å². The predicted octanol–water partition coefficient (Wildman–Crippen LogP) is 1.40. The van der Waals surface area contributed by atoms with Crippen LogP contribution in [-0.2, 0) is 0 Å². The first-order valence-electron chi connectivity index (χ1n) is 4.25. The van der Waals surface area contributed by atoms with Gasteiger partial charge in [-0.3, -0.25) is 0 Å². The van der Waals surface area contributed by atoms with E-state index in [4.69, 9.17) is 9.47 Å². The lowest BCUT2D eigenvalue weighted by Gasteiger charge is -2.01. The van der Waals surface area contributed by atoms with Crippen molar-refractivity contribution in [2.45, 2.75) is 0 Å². The minimum absolute atomic E-state index is 0.296. The summed E-state index contributed by atoms with van der Waals surface area (Å²) < 4.78 is 12.2. The molecule has 1 aliphatic rings. The van der Waals surface area contributed by atoms with Crippen molar-refractivity contribution in [3.05, 3.63) is 36.7 Å². The molecule has 69 valence electrons. The highest BCUT2D eigenvalue weighted by Crippen LogP contribution is 2.33. The monoisotopic (exact) mass is 187 g/mol. The smallest absolute Gasteiger partial charge is 0.231 e. The van der Waals surface area contributed by atoms with Crippen LogP contribution in [0.1, 0.15) is 0 Å². The van der Waals surface area contributed by atoms with Crippen molar-refractivity contribution in [2.75, 3.05) is 6.79 Å². The van der Waals surface area contributed by atoms with Crippen LogP contribution in [0.5, 0.6) is 11.5 Å². The number of hydrogen-bond acceptors (Lipinski definition) is 3. The van der Waals surface area contributed by atoms with Gasteiger partial charge in [-0.05, 0) is 18.2 Å². The van der Waals surface area contributed by atoms with Crippen LogP contribution in [0.2, 0.25) is 0 Å². The molecule has 4 heteroatoms. The fourth-order valence-electron chi connectivity index (χ4n) is 1.40. The quantitative estimate of drug-likeness (QED) is 0.677. The second kappa shape index (κ2) is 2.77. The molecule has 3 rings (SSSR count). The Bertz CT molecular complexity index is 451. The zero-order valence-electron chi connectivity index (χ0n) is 7.30. The van der Waals surface area contributed by atoms with Gasteiger partial charge in [0, 0.05) is 12.3 Å². The summed E-state index contributed by atoms with van der Waals surface area (Å²) in [6.07, 6.45) is 4.57. The Kier molecular flexibility index (Phi) is 1.47. The first kappa shape index (κ1) is 7.44. The summed E-state index contributed by atoms with van der Waals surface area (Å²) >= 11 is 0. The zero-order chi connectivity index (χ0) is 9.38. The number of fused-ring (bicyclic) bond motifs is 1. The van der Waals surface area contributed by atoms with E-state index < -0.39 is 0 Å². The third-order valence-electron chi connectivity index (χ3n) is 2.08. The fraction of sp³-hybridized carbons (Fsp3) is 0.100. The molecule has 14 heavy (non-hydrogen) atoms. The van der Waals surface area contributed by atoms with E-state index in [0.717, 1.165) is 17.2 Å². The summed E-state index contributed by atoms with van der Waals surface area (Å²) in [4.78, 5) is 0. The number of nitrogens with zero attached hydrogens (tertiary/aromatic N) is 2. The highest BCUT2D eigenvalue weighted by molar-refractivity contribution is 5.49. The predicted molar refractivity (Wildman–Crippen MR) is 48.5 cm³/mol. The molecule has 0 bridgehead atoms. The molecule has 2 aromatic rings. The van der Waals surface area contributed by atoms with Crippen LogP contribution in [-0.4, -0.2) is 16.6 Å². The second-order valence-electron chi connectivity index (χ2n) is 2.93. The summed E-state index contributed by atoms with van der Waals surface area (Å²) in [5.74, 6) is 1.54. The average Bonchev–Trinajstić information content (AvgIpc) is 2.88. The first-order valence-corrected chi connectivity index (χ1v) is 4.25. The summed E-state index contributed by atoms with van der Waals surface area (Å²) in [5.41, 5.74) is 0.940. The third kappa shape index (κ3) is 1.04. The van der Waals surface area contributed by atoms with Gasteiger partial charge in [-0.1, -0.05) is 0 Å². The van der Waals surface area contributed by atoms with Crippen molar-refractivity contribution in [2.24, 2.45) is 0 Å². The molecule has 1 radical (unpaired) electrons. The van der Waals surface area contributed by atoms with Crippen molar-refractivity contribution < 1.29 is 9.47 Å². The van der Waals surface area contributed by atoms with Gasteiger partial charge in [0.05, 0.1) is 5.69 Å². The Morgan fingerprint density at radius 1 is 1.29 bits per heavy atom. The van der Waals surface area contributed by atoms with E-state index in [1.807, 2.05) is 24.4 Å². The lowest BCUT2D eigenvalue weighted by Crippen LogP contribution is -1.94. The molecule has 0 amide bonds. The molecule has 0 fully saturated rings. The van der Waals surface area contributed by atoms with E-state index in [0.29, 0.717) is 6.79 Å². The molecule has 2 heterocycles. The maximum absolute atomic E-state index is 5.26. The van der Waals surface area contributed by atoms with Crippen molar-refractivity contribution >= 4 is 0 Å². The molecule has 1 aromatic heterocycles. The largest absolute Gasteiger partial charge is 0.454 e. The minimum Gasteiger partial charge on any atom is -0.454 e. The van der Waals surface area contributed by atoms with Gasteiger partial charge in [0.2, 0.25) is 6.79 Å². The number of benzene rings is 1. The van der Waals surface area contributed by atoms with Crippen LogP contribution in [0, 0.1) is 6.20 Å². The SMILES string of the molecule is [c]1ccn(-c2ccc3c(c2)OCO3)n1. The van der Waals surface area contributed by atoms with Crippen LogP contribution in [0.25, 0.3) is 5.69 Å². The standard InChI is InChI=1S/C10H7N2O2/c1-4-11-12(5-1)8-2-3-9-10(6-8)14-7-13-9/h1-3,5-6H,7H2. The fourth-order valence-corrected chi connectivity index (χ4v) is 1.40. The van der Waals surface area contributed by atoms with Crippen LogP contribution in [0.4, 0.5) is 0 Å². The van der Waals surface area contributed by atoms with E-state index >= 15 is 0 Å². The van der Waals surface area contributed by atoms with Crippen LogP contribution in [0.15, 0.2) is 30.5 Å². The Labute approximate surface area is 80.7 Å². The van der Waals surface area contributed by atoms with Gasteiger partial charge in [-0.15, -0.1) is 0 Å². The Morgan fingerprint density at radius 2 is 2.21 bits per heavy atom. The molecule has 1 aliphatic heterocycles. The van der Waals surface area contributed by atoms with Crippen LogP contribution in [0.3, 0.4) is 0 Å². The van der Waals surface area contributed by atoms with Crippen molar-refractivity contribution in [1.29, 1.82) is 0 Å². The lowest BCUT2D eigenvalue weighted by molar-refractivity contribution is 0.174. The Balaban J connectivity index is 2.09. The van der Waals surface area contributed by atoms with Gasteiger partial charge >= 0.3 is 0 Å². The van der Waals surface area contributed by atoms with Crippen molar-refractivity contribution in [3.8, 4) is 17.2 Å². The van der Waals surface area contributed by atoms with Crippen LogP contribution < -0.4 is 9.47 Å². The van der Waals surface area contributed by atoms with Gasteiger partial charge in [0.1, 0.15) is 6.20 Å². The van der Waals surface area contributed by atoms with Gasteiger partial charge in [0.25, 0.3) is 0 Å². The van der Waals surface area contributed by atoms with Gasteiger partial charge in [-0.2, -0.15) is 5.10 Å². The maximum Gasteiger partial charge on any atom is 0.231 e. The molecule has 0 saturated carbocycles. The molecular formula is C10H7N2O2. The van der Waals surface area contributed by atoms with E-state index in [2.05, 4.69) is 11.3 Å². The molecule has 0 unspecified atom stereocenters. The summed E-state index contributed by atoms with van der Waals surface area (Å²) in [6, 6.07) is 7.45. The normalized spacial score (nSPS) is 13.1. The van der Waals surface area contributed by atoms with E-state index in [-0.39, 0.29) is 0 Å². The van der Waals surface area contributed by atoms with Crippen LogP contribution >= 0.6 is 0 Å². The van der Waals surface area contributed by atoms with Crippen molar-refractivity contribution in [1.82, 2.24) is 9.78 Å². The van der Waals surface area contributed by atoms with Gasteiger partial charge < -0.3 is 9.47 Å². The van der Waals surface area contributed by atoms with Gasteiger partial charge in [-0.25, -0.2) is 4.68 Å². The summed E-state index contributed by atoms with van der Waals surface area (Å²) in [6.45, 7) is 0.296. The second-order valence-corrected chi connectivity index (χ2v) is 2.93. The molecule has 4 nitrogen and oxygen atoms in total. The van der Waals surface area contributed by atoms with Gasteiger partial charge in [0.15, 0.2) is 11.5 Å². The summed E-state index contributed by atoms with van der Waals surface area (Å²) in [5, 5.41) is 4.01. The highest BCUT2D eigenvalue weighted by atomic mass is 16.7. The van der Waals surface area contributed by atoms with E-state index in [1.165, 1.54) is 0 Å². The average molecular weight is 187 g/mol. The minimum atomic E-state index is 0.296. The third-order valence-corrected chi connectivity index (χ3v) is 2.08. The Morgan fingerprint density at radius 3 is 3.07 bits per heavy atom. The molecule has 0 spiro atoms. The number of ether oxygens (including phenoxy) is 2. The molecule has 0 N–H and O–H groups in total. The number of aromatic nitrogens is 2. The first-order chi connectivity index (χ1) is 6.93. The molecule has 0 aliphatic carbocycles. The topological polar surface area (TPSA) is 36.3 Å².